The maximum absolute atomic E-state index is 12.7. The number of nitrogens with two attached hydrogens (primary N) is 1. The Kier molecular flexibility index (Phi) is 4.86. The molecule has 1 saturated carbocycles. The van der Waals surface area contributed by atoms with E-state index < -0.39 is 5.54 Å². The number of hydrogen-bond acceptors (Lipinski definition) is 2. The summed E-state index contributed by atoms with van der Waals surface area (Å²) in [7, 11) is 1.84. The van der Waals surface area contributed by atoms with Crippen molar-refractivity contribution in [2.75, 3.05) is 7.05 Å². The van der Waals surface area contributed by atoms with Crippen LogP contribution in [0.3, 0.4) is 0 Å². The molecule has 4 heteroatoms. The van der Waals surface area contributed by atoms with Gasteiger partial charge in [0.2, 0.25) is 5.91 Å². The zero-order valence-corrected chi connectivity index (χ0v) is 13.8. The molecule has 20 heavy (non-hydrogen) atoms. The van der Waals surface area contributed by atoms with Gasteiger partial charge < -0.3 is 10.6 Å². The first-order valence-electron chi connectivity index (χ1n) is 7.20. The van der Waals surface area contributed by atoms with Crippen molar-refractivity contribution in [1.29, 1.82) is 0 Å². The zero-order valence-electron chi connectivity index (χ0n) is 12.2. The first-order chi connectivity index (χ1) is 9.42. The maximum atomic E-state index is 12.7. The molecule has 2 atom stereocenters. The number of hydrogen-bond donors (Lipinski definition) is 1. The van der Waals surface area contributed by atoms with Gasteiger partial charge in [-0.2, -0.15) is 0 Å². The minimum absolute atomic E-state index is 0.0693. The summed E-state index contributed by atoms with van der Waals surface area (Å²) in [6.45, 7) is 2.77. The number of nitrogens with zero attached hydrogens (tertiary/aromatic N) is 1. The average Bonchev–Trinajstić information content (AvgIpc) is 2.40. The highest BCUT2D eigenvalue weighted by Crippen LogP contribution is 2.32. The molecule has 1 aromatic rings. The predicted octanol–water partition coefficient (Wildman–Crippen LogP) is 3.32. The molecule has 0 aromatic heterocycles. The minimum atomic E-state index is -0.673. The third-order valence-corrected chi connectivity index (χ3v) is 4.94. The molecule has 3 nitrogen and oxygen atoms in total. The number of likely N-dealkylation sites (N-methyl/N-ethyl adjacent to an activating group) is 1. The molecule has 0 saturated heterocycles. The van der Waals surface area contributed by atoms with Crippen LogP contribution in [0, 0.1) is 5.92 Å². The van der Waals surface area contributed by atoms with Gasteiger partial charge in [0.15, 0.2) is 0 Å². The van der Waals surface area contributed by atoms with E-state index in [9.17, 15) is 4.79 Å². The van der Waals surface area contributed by atoms with Crippen molar-refractivity contribution >= 4 is 21.8 Å². The van der Waals surface area contributed by atoms with Crippen LogP contribution in [0.25, 0.3) is 0 Å². The van der Waals surface area contributed by atoms with Crippen molar-refractivity contribution in [2.45, 2.75) is 44.7 Å². The van der Waals surface area contributed by atoms with Gasteiger partial charge in [-0.3, -0.25) is 4.79 Å². The molecule has 0 spiro atoms. The van der Waals surface area contributed by atoms with Crippen molar-refractivity contribution in [3.05, 3.63) is 34.3 Å². The van der Waals surface area contributed by atoms with E-state index in [2.05, 4.69) is 22.9 Å². The van der Waals surface area contributed by atoms with E-state index in [4.69, 9.17) is 5.73 Å². The molecule has 2 rings (SSSR count). The van der Waals surface area contributed by atoms with E-state index in [0.717, 1.165) is 29.3 Å². The average molecular weight is 339 g/mol. The highest BCUT2D eigenvalue weighted by molar-refractivity contribution is 9.10. The SMILES string of the molecule is CC1CCCC(N)(C(=O)N(C)Cc2ccccc2Br)C1. The van der Waals surface area contributed by atoms with Crippen LogP contribution in [0.4, 0.5) is 0 Å². The third kappa shape index (κ3) is 3.41. The second-order valence-electron chi connectivity index (χ2n) is 6.11. The third-order valence-electron chi connectivity index (χ3n) is 4.17. The second kappa shape index (κ2) is 6.27. The Bertz CT molecular complexity index is 491. The van der Waals surface area contributed by atoms with Crippen molar-refractivity contribution in [3.63, 3.8) is 0 Å². The molecule has 0 heterocycles. The maximum Gasteiger partial charge on any atom is 0.242 e. The Morgan fingerprint density at radius 3 is 2.85 bits per heavy atom. The molecule has 2 N–H and O–H groups in total. The van der Waals surface area contributed by atoms with Crippen molar-refractivity contribution in [3.8, 4) is 0 Å². The molecule has 1 aliphatic rings. The molecular formula is C16H23BrN2O. The lowest BCUT2D eigenvalue weighted by molar-refractivity contribution is -0.138. The molecule has 1 fully saturated rings. The summed E-state index contributed by atoms with van der Waals surface area (Å²) in [4.78, 5) is 14.4. The summed E-state index contributed by atoms with van der Waals surface area (Å²) in [5.74, 6) is 0.606. The topological polar surface area (TPSA) is 46.3 Å². The van der Waals surface area contributed by atoms with Gasteiger partial charge in [0, 0.05) is 18.1 Å². The molecule has 0 aliphatic heterocycles. The van der Waals surface area contributed by atoms with E-state index in [-0.39, 0.29) is 5.91 Å². The number of carbonyl (C=O) groups is 1. The van der Waals surface area contributed by atoms with Crippen LogP contribution in [0.2, 0.25) is 0 Å². The summed E-state index contributed by atoms with van der Waals surface area (Å²) in [5, 5.41) is 0. The van der Waals surface area contributed by atoms with Gasteiger partial charge in [0.25, 0.3) is 0 Å². The van der Waals surface area contributed by atoms with Crippen molar-refractivity contribution in [1.82, 2.24) is 4.90 Å². The fourth-order valence-corrected chi connectivity index (χ4v) is 3.53. The standard InChI is InChI=1S/C16H23BrN2O/c1-12-6-5-9-16(18,10-12)15(20)19(2)11-13-7-3-4-8-14(13)17/h3-4,7-8,12H,5-6,9-11,18H2,1-2H3. The van der Waals surface area contributed by atoms with Crippen LogP contribution >= 0.6 is 15.9 Å². The fraction of sp³-hybridized carbons (Fsp3) is 0.562. The monoisotopic (exact) mass is 338 g/mol. The van der Waals surface area contributed by atoms with E-state index in [1.165, 1.54) is 6.42 Å². The second-order valence-corrected chi connectivity index (χ2v) is 6.96. The molecular weight excluding hydrogens is 316 g/mol. The van der Waals surface area contributed by atoms with Gasteiger partial charge in [-0.25, -0.2) is 0 Å². The minimum Gasteiger partial charge on any atom is -0.340 e. The number of halogens is 1. The Labute approximate surface area is 129 Å². The number of carbonyl (C=O) groups excluding carboxylic acids is 1. The van der Waals surface area contributed by atoms with Gasteiger partial charge in [-0.15, -0.1) is 0 Å². The first-order valence-corrected chi connectivity index (χ1v) is 7.99. The van der Waals surface area contributed by atoms with Crippen LogP contribution in [-0.4, -0.2) is 23.4 Å². The normalized spacial score (nSPS) is 26.3. The Morgan fingerprint density at radius 1 is 1.50 bits per heavy atom. The quantitative estimate of drug-likeness (QED) is 0.918. The molecule has 1 amide bonds. The van der Waals surface area contributed by atoms with E-state index >= 15 is 0 Å². The molecule has 0 bridgehead atoms. The lowest BCUT2D eigenvalue weighted by Crippen LogP contribution is -2.56. The van der Waals surface area contributed by atoms with Crippen LogP contribution in [0.1, 0.15) is 38.2 Å². The van der Waals surface area contributed by atoms with E-state index in [1.54, 1.807) is 4.90 Å². The molecule has 110 valence electrons. The number of rotatable bonds is 3. The van der Waals surface area contributed by atoms with Crippen molar-refractivity contribution in [2.24, 2.45) is 11.7 Å². The fourth-order valence-electron chi connectivity index (χ4n) is 3.12. The predicted molar refractivity (Wildman–Crippen MR) is 85.2 cm³/mol. The largest absolute Gasteiger partial charge is 0.340 e. The number of benzene rings is 1. The van der Waals surface area contributed by atoms with E-state index in [1.807, 2.05) is 31.3 Å². The van der Waals surface area contributed by atoms with E-state index in [0.29, 0.717) is 12.5 Å². The summed E-state index contributed by atoms with van der Waals surface area (Å²) in [6.07, 6.45) is 3.83. The van der Waals surface area contributed by atoms with Crippen LogP contribution < -0.4 is 5.73 Å². The van der Waals surface area contributed by atoms with Gasteiger partial charge in [0.05, 0.1) is 5.54 Å². The Hall–Kier alpha value is -0.870. The Morgan fingerprint density at radius 2 is 2.20 bits per heavy atom. The molecule has 0 radical (unpaired) electrons. The lowest BCUT2D eigenvalue weighted by Gasteiger charge is -2.38. The van der Waals surface area contributed by atoms with Crippen LogP contribution in [-0.2, 0) is 11.3 Å². The molecule has 2 unspecified atom stereocenters. The van der Waals surface area contributed by atoms with Gasteiger partial charge in [-0.1, -0.05) is 53.9 Å². The summed E-state index contributed by atoms with van der Waals surface area (Å²) in [6, 6.07) is 7.98. The first kappa shape index (κ1) is 15.5. The summed E-state index contributed by atoms with van der Waals surface area (Å²) in [5.41, 5.74) is 6.82. The van der Waals surface area contributed by atoms with Gasteiger partial charge in [0.1, 0.15) is 0 Å². The van der Waals surface area contributed by atoms with Gasteiger partial charge in [-0.05, 0) is 30.4 Å². The van der Waals surface area contributed by atoms with Crippen LogP contribution in [0.15, 0.2) is 28.7 Å². The Balaban J connectivity index is 2.07. The molecule has 1 aliphatic carbocycles. The zero-order chi connectivity index (χ0) is 14.8. The highest BCUT2D eigenvalue weighted by Gasteiger charge is 2.39. The smallest absolute Gasteiger partial charge is 0.242 e. The summed E-state index contributed by atoms with van der Waals surface area (Å²) >= 11 is 3.52. The number of amides is 1. The highest BCUT2D eigenvalue weighted by atomic mass is 79.9. The van der Waals surface area contributed by atoms with Crippen LogP contribution in [0.5, 0.6) is 0 Å². The summed E-state index contributed by atoms with van der Waals surface area (Å²) < 4.78 is 1.03. The van der Waals surface area contributed by atoms with Gasteiger partial charge >= 0.3 is 0 Å². The van der Waals surface area contributed by atoms with Crippen molar-refractivity contribution < 1.29 is 4.79 Å². The lowest BCUT2D eigenvalue weighted by atomic mass is 9.76. The molecule has 1 aromatic carbocycles.